The maximum Gasteiger partial charge on any atom is 0.218 e. The van der Waals surface area contributed by atoms with Crippen molar-refractivity contribution in [2.24, 2.45) is 0 Å². The normalized spacial score (nSPS) is 12.5. The molecule has 0 atom stereocenters. The lowest BCUT2D eigenvalue weighted by atomic mass is 9.96. The molecule has 0 unspecified atom stereocenters. The van der Waals surface area contributed by atoms with Crippen LogP contribution in [-0.2, 0) is 5.41 Å². The van der Waals surface area contributed by atoms with Crippen LogP contribution in [0.2, 0.25) is 5.15 Å². The van der Waals surface area contributed by atoms with Gasteiger partial charge in [-0.2, -0.15) is 4.98 Å². The maximum absolute atomic E-state index is 6.06. The van der Waals surface area contributed by atoms with Gasteiger partial charge in [0.1, 0.15) is 17.6 Å². The lowest BCUT2D eigenvalue weighted by molar-refractivity contribution is 0.140. The van der Waals surface area contributed by atoms with Gasteiger partial charge in [-0.15, -0.1) is 0 Å². The minimum atomic E-state index is -0.148. The summed E-state index contributed by atoms with van der Waals surface area (Å²) in [6.45, 7) is 16.4. The molecule has 1 aromatic rings. The molecule has 5 heteroatoms. The van der Waals surface area contributed by atoms with Crippen molar-refractivity contribution in [3.63, 3.8) is 0 Å². The van der Waals surface area contributed by atoms with Gasteiger partial charge in [-0.05, 0) is 27.7 Å². The van der Waals surface area contributed by atoms with Crippen LogP contribution in [-0.4, -0.2) is 40.1 Å². The zero-order valence-corrected chi connectivity index (χ0v) is 15.0. The Morgan fingerprint density at radius 2 is 1.71 bits per heavy atom. The van der Waals surface area contributed by atoms with Crippen molar-refractivity contribution in [2.45, 2.75) is 66.0 Å². The van der Waals surface area contributed by atoms with Crippen LogP contribution in [0.1, 0.15) is 54.3 Å². The lowest BCUT2D eigenvalue weighted by Crippen LogP contribution is -2.39. The Kier molecular flexibility index (Phi) is 6.41. The van der Waals surface area contributed by atoms with Gasteiger partial charge in [0.2, 0.25) is 5.88 Å². The molecule has 1 aromatic heterocycles. The van der Waals surface area contributed by atoms with Crippen LogP contribution < -0.4 is 4.74 Å². The zero-order valence-electron chi connectivity index (χ0n) is 14.3. The molecular formula is C16H28ClN3O. The van der Waals surface area contributed by atoms with E-state index in [4.69, 9.17) is 16.3 Å². The number of ether oxygens (including phenoxy) is 1. The van der Waals surface area contributed by atoms with Crippen molar-refractivity contribution >= 4 is 11.6 Å². The van der Waals surface area contributed by atoms with Crippen molar-refractivity contribution in [1.82, 2.24) is 14.9 Å². The Morgan fingerprint density at radius 3 is 2.19 bits per heavy atom. The molecule has 0 amide bonds. The second-order valence-corrected chi connectivity index (χ2v) is 7.26. The molecule has 0 spiro atoms. The molecule has 4 nitrogen and oxygen atoms in total. The predicted octanol–water partition coefficient (Wildman–Crippen LogP) is 3.93. The first kappa shape index (κ1) is 18.2. The van der Waals surface area contributed by atoms with E-state index in [0.717, 1.165) is 6.54 Å². The molecule has 1 rings (SSSR count). The van der Waals surface area contributed by atoms with E-state index in [9.17, 15) is 0 Å². The van der Waals surface area contributed by atoms with Gasteiger partial charge in [0.05, 0.1) is 0 Å². The number of rotatable bonds is 6. The van der Waals surface area contributed by atoms with Gasteiger partial charge < -0.3 is 4.74 Å². The highest BCUT2D eigenvalue weighted by Crippen LogP contribution is 2.23. The van der Waals surface area contributed by atoms with E-state index < -0.39 is 0 Å². The van der Waals surface area contributed by atoms with E-state index in [1.807, 2.05) is 0 Å². The molecule has 0 fully saturated rings. The summed E-state index contributed by atoms with van der Waals surface area (Å²) >= 11 is 6.06. The Morgan fingerprint density at radius 1 is 1.14 bits per heavy atom. The smallest absolute Gasteiger partial charge is 0.218 e. The van der Waals surface area contributed by atoms with Gasteiger partial charge in [0.25, 0.3) is 0 Å². The first-order chi connectivity index (χ1) is 9.61. The summed E-state index contributed by atoms with van der Waals surface area (Å²) in [6, 6.07) is 2.66. The standard InChI is InChI=1S/C16H28ClN3O/c1-11(2)20(12(3)4)8-9-21-14-10-13(17)18-15(19-14)16(5,6)7/h10-12H,8-9H2,1-7H3. The van der Waals surface area contributed by atoms with Crippen LogP contribution in [0.25, 0.3) is 0 Å². The van der Waals surface area contributed by atoms with Crippen LogP contribution in [0, 0.1) is 0 Å². The molecule has 0 aliphatic rings. The minimum absolute atomic E-state index is 0.148. The van der Waals surface area contributed by atoms with Crippen molar-refractivity contribution in [2.75, 3.05) is 13.2 Å². The molecule has 0 radical (unpaired) electrons. The topological polar surface area (TPSA) is 38.2 Å². The fourth-order valence-corrected chi connectivity index (χ4v) is 2.35. The molecule has 0 bridgehead atoms. The molecule has 0 aromatic carbocycles. The van der Waals surface area contributed by atoms with E-state index in [-0.39, 0.29) is 5.41 Å². The number of halogens is 1. The van der Waals surface area contributed by atoms with E-state index in [1.54, 1.807) is 6.07 Å². The van der Waals surface area contributed by atoms with Gasteiger partial charge in [-0.1, -0.05) is 32.4 Å². The van der Waals surface area contributed by atoms with Crippen LogP contribution in [0.3, 0.4) is 0 Å². The zero-order chi connectivity index (χ0) is 16.2. The van der Waals surface area contributed by atoms with Crippen molar-refractivity contribution in [3.05, 3.63) is 17.0 Å². The average Bonchev–Trinajstić information content (AvgIpc) is 2.31. The average molecular weight is 314 g/mol. The highest BCUT2D eigenvalue weighted by Gasteiger charge is 2.19. The number of hydrogen-bond donors (Lipinski definition) is 0. The van der Waals surface area contributed by atoms with E-state index in [0.29, 0.717) is 35.5 Å². The minimum Gasteiger partial charge on any atom is -0.476 e. The summed E-state index contributed by atoms with van der Waals surface area (Å²) < 4.78 is 5.78. The first-order valence-corrected chi connectivity index (χ1v) is 7.92. The summed E-state index contributed by atoms with van der Waals surface area (Å²) in [4.78, 5) is 11.1. The van der Waals surface area contributed by atoms with Crippen LogP contribution in [0.4, 0.5) is 0 Å². The monoisotopic (exact) mass is 313 g/mol. The van der Waals surface area contributed by atoms with Gasteiger partial charge in [-0.25, -0.2) is 4.98 Å². The molecular weight excluding hydrogens is 286 g/mol. The van der Waals surface area contributed by atoms with Gasteiger partial charge in [-0.3, -0.25) is 4.90 Å². The molecule has 0 saturated carbocycles. The highest BCUT2D eigenvalue weighted by molar-refractivity contribution is 6.29. The molecule has 120 valence electrons. The fraction of sp³-hybridized carbons (Fsp3) is 0.750. The number of hydrogen-bond acceptors (Lipinski definition) is 4. The highest BCUT2D eigenvalue weighted by atomic mass is 35.5. The third-order valence-electron chi connectivity index (χ3n) is 3.27. The lowest BCUT2D eigenvalue weighted by Gasteiger charge is -2.30. The van der Waals surface area contributed by atoms with E-state index in [1.165, 1.54) is 0 Å². The second-order valence-electron chi connectivity index (χ2n) is 6.88. The predicted molar refractivity (Wildman–Crippen MR) is 88.2 cm³/mol. The Hall–Kier alpha value is -0.870. The summed E-state index contributed by atoms with van der Waals surface area (Å²) in [5, 5.41) is 0.425. The van der Waals surface area contributed by atoms with Crippen molar-refractivity contribution < 1.29 is 4.74 Å². The maximum atomic E-state index is 6.06. The largest absolute Gasteiger partial charge is 0.476 e. The summed E-state index contributed by atoms with van der Waals surface area (Å²) in [7, 11) is 0. The molecule has 1 heterocycles. The number of nitrogens with zero attached hydrogens (tertiary/aromatic N) is 3. The van der Waals surface area contributed by atoms with Crippen LogP contribution in [0.5, 0.6) is 5.88 Å². The van der Waals surface area contributed by atoms with E-state index >= 15 is 0 Å². The summed E-state index contributed by atoms with van der Waals surface area (Å²) in [5.41, 5.74) is -0.148. The molecule has 0 N–H and O–H groups in total. The number of aromatic nitrogens is 2. The first-order valence-electron chi connectivity index (χ1n) is 7.55. The molecule has 0 aliphatic heterocycles. The van der Waals surface area contributed by atoms with E-state index in [2.05, 4.69) is 63.3 Å². The third kappa shape index (κ3) is 5.79. The van der Waals surface area contributed by atoms with Gasteiger partial charge in [0.15, 0.2) is 0 Å². The Bertz CT molecular complexity index is 447. The molecule has 21 heavy (non-hydrogen) atoms. The van der Waals surface area contributed by atoms with Crippen LogP contribution in [0.15, 0.2) is 6.07 Å². The second kappa shape index (κ2) is 7.41. The Balaban J connectivity index is 2.70. The summed E-state index contributed by atoms with van der Waals surface area (Å²) in [6.07, 6.45) is 0. The fourth-order valence-electron chi connectivity index (χ4n) is 2.17. The van der Waals surface area contributed by atoms with Gasteiger partial charge >= 0.3 is 0 Å². The van der Waals surface area contributed by atoms with Crippen molar-refractivity contribution in [3.8, 4) is 5.88 Å². The third-order valence-corrected chi connectivity index (χ3v) is 3.46. The van der Waals surface area contributed by atoms with Crippen molar-refractivity contribution in [1.29, 1.82) is 0 Å². The molecule has 0 aliphatic carbocycles. The quantitative estimate of drug-likeness (QED) is 0.746. The SMILES string of the molecule is CC(C)N(CCOc1cc(Cl)nc(C(C)(C)C)n1)C(C)C. The Labute approximate surface area is 133 Å². The summed E-state index contributed by atoms with van der Waals surface area (Å²) in [5.74, 6) is 1.25. The van der Waals surface area contributed by atoms with Crippen LogP contribution >= 0.6 is 11.6 Å². The molecule has 0 saturated heterocycles. The van der Waals surface area contributed by atoms with Gasteiger partial charge in [0, 0.05) is 30.1 Å².